The van der Waals surface area contributed by atoms with Gasteiger partial charge in [-0.3, -0.25) is 4.79 Å². The molecule has 0 heterocycles. The van der Waals surface area contributed by atoms with Gasteiger partial charge in [0.25, 0.3) is 5.91 Å². The number of phenolic OH excluding ortho intramolecular Hbond substituents is 1. The van der Waals surface area contributed by atoms with Crippen LogP contribution in [0, 0.1) is 5.92 Å². The van der Waals surface area contributed by atoms with Crippen LogP contribution < -0.4 is 0 Å². The third-order valence-electron chi connectivity index (χ3n) is 2.63. The van der Waals surface area contributed by atoms with E-state index in [1.807, 2.05) is 13.8 Å². The molecule has 4 heteroatoms. The SMILES string of the molecule is CC(C)CN(C(=O)c1cc(O)ccc1Cl)C(C)C. The second kappa shape index (κ2) is 6.10. The molecule has 100 valence electrons. The number of carbonyl (C=O) groups is 1. The highest BCUT2D eigenvalue weighted by atomic mass is 35.5. The molecule has 3 nitrogen and oxygen atoms in total. The topological polar surface area (TPSA) is 40.5 Å². The van der Waals surface area contributed by atoms with Gasteiger partial charge in [-0.1, -0.05) is 25.4 Å². The lowest BCUT2D eigenvalue weighted by atomic mass is 10.1. The Morgan fingerprint density at radius 2 is 1.94 bits per heavy atom. The van der Waals surface area contributed by atoms with Crippen molar-refractivity contribution in [2.24, 2.45) is 5.92 Å². The molecular formula is C14H20ClNO2. The van der Waals surface area contributed by atoms with E-state index >= 15 is 0 Å². The summed E-state index contributed by atoms with van der Waals surface area (Å²) in [5.41, 5.74) is 0.353. The molecule has 1 amide bonds. The molecule has 0 saturated heterocycles. The quantitative estimate of drug-likeness (QED) is 0.908. The Kier molecular flexibility index (Phi) is 5.03. The molecule has 0 aliphatic heterocycles. The zero-order valence-corrected chi connectivity index (χ0v) is 12.0. The van der Waals surface area contributed by atoms with E-state index in [0.29, 0.717) is 23.0 Å². The summed E-state index contributed by atoms with van der Waals surface area (Å²) in [4.78, 5) is 14.2. The first-order valence-electron chi connectivity index (χ1n) is 6.12. The molecule has 0 radical (unpaired) electrons. The van der Waals surface area contributed by atoms with Gasteiger partial charge in [-0.25, -0.2) is 0 Å². The maximum absolute atomic E-state index is 12.4. The maximum Gasteiger partial charge on any atom is 0.255 e. The van der Waals surface area contributed by atoms with E-state index in [9.17, 15) is 9.90 Å². The van der Waals surface area contributed by atoms with Crippen molar-refractivity contribution in [2.45, 2.75) is 33.7 Å². The average Bonchev–Trinajstić information content (AvgIpc) is 2.27. The second-order valence-corrected chi connectivity index (χ2v) is 5.52. The lowest BCUT2D eigenvalue weighted by Crippen LogP contribution is -2.39. The van der Waals surface area contributed by atoms with Crippen molar-refractivity contribution in [2.75, 3.05) is 6.54 Å². The minimum Gasteiger partial charge on any atom is -0.508 e. The maximum atomic E-state index is 12.4. The van der Waals surface area contributed by atoms with E-state index in [2.05, 4.69) is 13.8 Å². The van der Waals surface area contributed by atoms with Crippen molar-refractivity contribution >= 4 is 17.5 Å². The van der Waals surface area contributed by atoms with Gasteiger partial charge in [0.1, 0.15) is 5.75 Å². The van der Waals surface area contributed by atoms with Crippen molar-refractivity contribution in [3.63, 3.8) is 0 Å². The Hall–Kier alpha value is -1.22. The van der Waals surface area contributed by atoms with Gasteiger partial charge in [-0.05, 0) is 38.0 Å². The Morgan fingerprint density at radius 1 is 1.33 bits per heavy atom. The first-order chi connectivity index (χ1) is 8.32. The summed E-state index contributed by atoms with van der Waals surface area (Å²) in [6, 6.07) is 4.53. The Balaban J connectivity index is 3.05. The van der Waals surface area contributed by atoms with Crippen LogP contribution in [-0.2, 0) is 0 Å². The molecule has 18 heavy (non-hydrogen) atoms. The molecule has 1 N–H and O–H groups in total. The summed E-state index contributed by atoms with van der Waals surface area (Å²) in [6.45, 7) is 8.73. The lowest BCUT2D eigenvalue weighted by molar-refractivity contribution is 0.0681. The van der Waals surface area contributed by atoms with Crippen molar-refractivity contribution in [1.29, 1.82) is 0 Å². The number of rotatable bonds is 4. The van der Waals surface area contributed by atoms with E-state index in [4.69, 9.17) is 11.6 Å². The van der Waals surface area contributed by atoms with E-state index < -0.39 is 0 Å². The van der Waals surface area contributed by atoms with Crippen LogP contribution in [-0.4, -0.2) is 28.5 Å². The van der Waals surface area contributed by atoms with Crippen LogP contribution in [0.25, 0.3) is 0 Å². The molecule has 0 saturated carbocycles. The first-order valence-corrected chi connectivity index (χ1v) is 6.50. The normalized spacial score (nSPS) is 11.1. The molecule has 0 spiro atoms. The molecule has 0 aromatic heterocycles. The number of halogens is 1. The number of carbonyl (C=O) groups excluding carboxylic acids is 1. The molecule has 0 unspecified atom stereocenters. The zero-order valence-electron chi connectivity index (χ0n) is 11.3. The average molecular weight is 270 g/mol. The Morgan fingerprint density at radius 3 is 2.44 bits per heavy atom. The van der Waals surface area contributed by atoms with Crippen LogP contribution >= 0.6 is 11.6 Å². The highest BCUT2D eigenvalue weighted by molar-refractivity contribution is 6.33. The molecule has 1 rings (SSSR count). The summed E-state index contributed by atoms with van der Waals surface area (Å²) in [6.07, 6.45) is 0. The highest BCUT2D eigenvalue weighted by Gasteiger charge is 2.22. The van der Waals surface area contributed by atoms with Crippen LogP contribution in [0.4, 0.5) is 0 Å². The van der Waals surface area contributed by atoms with Crippen molar-refractivity contribution < 1.29 is 9.90 Å². The van der Waals surface area contributed by atoms with Crippen molar-refractivity contribution in [1.82, 2.24) is 4.90 Å². The lowest BCUT2D eigenvalue weighted by Gasteiger charge is -2.29. The van der Waals surface area contributed by atoms with Gasteiger partial charge in [0, 0.05) is 12.6 Å². The number of nitrogens with zero attached hydrogens (tertiary/aromatic N) is 1. The number of aromatic hydroxyl groups is 1. The summed E-state index contributed by atoms with van der Waals surface area (Å²) >= 11 is 6.02. The zero-order chi connectivity index (χ0) is 13.9. The summed E-state index contributed by atoms with van der Waals surface area (Å²) in [5.74, 6) is 0.294. The monoisotopic (exact) mass is 269 g/mol. The summed E-state index contributed by atoms with van der Waals surface area (Å²) < 4.78 is 0. The number of hydrogen-bond acceptors (Lipinski definition) is 2. The minimum absolute atomic E-state index is 0.0519. The van der Waals surface area contributed by atoms with E-state index in [1.54, 1.807) is 4.90 Å². The third-order valence-corrected chi connectivity index (χ3v) is 2.96. The molecule has 1 aromatic rings. The second-order valence-electron chi connectivity index (χ2n) is 5.11. The van der Waals surface area contributed by atoms with Crippen molar-refractivity contribution in [3.05, 3.63) is 28.8 Å². The number of benzene rings is 1. The van der Waals surface area contributed by atoms with Gasteiger partial charge in [-0.15, -0.1) is 0 Å². The molecule has 0 atom stereocenters. The standard InChI is InChI=1S/C14H20ClNO2/c1-9(2)8-16(10(3)4)14(18)12-7-11(17)5-6-13(12)15/h5-7,9-10,17H,8H2,1-4H3. The van der Waals surface area contributed by atoms with Crippen LogP contribution in [0.3, 0.4) is 0 Å². The van der Waals surface area contributed by atoms with Crippen LogP contribution in [0.2, 0.25) is 5.02 Å². The molecule has 0 aliphatic rings. The fourth-order valence-corrected chi connectivity index (χ4v) is 1.95. The van der Waals surface area contributed by atoms with Gasteiger partial charge in [0.15, 0.2) is 0 Å². The smallest absolute Gasteiger partial charge is 0.255 e. The Labute approximate surface area is 113 Å². The molecule has 0 aliphatic carbocycles. The van der Waals surface area contributed by atoms with Gasteiger partial charge >= 0.3 is 0 Å². The van der Waals surface area contributed by atoms with Crippen LogP contribution in [0.15, 0.2) is 18.2 Å². The molecule has 1 aromatic carbocycles. The Bertz CT molecular complexity index is 430. The summed E-state index contributed by atoms with van der Waals surface area (Å²) in [7, 11) is 0. The molecule has 0 bridgehead atoms. The van der Waals surface area contributed by atoms with Gasteiger partial charge in [0.05, 0.1) is 10.6 Å². The minimum atomic E-state index is -0.139. The molecular weight excluding hydrogens is 250 g/mol. The van der Waals surface area contributed by atoms with Crippen LogP contribution in [0.5, 0.6) is 5.75 Å². The number of hydrogen-bond donors (Lipinski definition) is 1. The fourth-order valence-electron chi connectivity index (χ4n) is 1.75. The summed E-state index contributed by atoms with van der Waals surface area (Å²) in [5, 5.41) is 9.83. The highest BCUT2D eigenvalue weighted by Crippen LogP contribution is 2.23. The third kappa shape index (κ3) is 3.64. The predicted molar refractivity (Wildman–Crippen MR) is 74.1 cm³/mol. The van der Waals surface area contributed by atoms with E-state index in [-0.39, 0.29) is 17.7 Å². The van der Waals surface area contributed by atoms with Gasteiger partial charge < -0.3 is 10.0 Å². The molecule has 0 fully saturated rings. The van der Waals surface area contributed by atoms with Crippen LogP contribution in [0.1, 0.15) is 38.1 Å². The van der Waals surface area contributed by atoms with E-state index in [1.165, 1.54) is 18.2 Å². The van der Waals surface area contributed by atoms with E-state index in [0.717, 1.165) is 0 Å². The first kappa shape index (κ1) is 14.8. The fraction of sp³-hybridized carbons (Fsp3) is 0.500. The largest absolute Gasteiger partial charge is 0.508 e. The number of phenols is 1. The van der Waals surface area contributed by atoms with Gasteiger partial charge in [0.2, 0.25) is 0 Å². The number of amides is 1. The predicted octanol–water partition coefficient (Wildman–Crippen LogP) is 3.55. The van der Waals surface area contributed by atoms with Gasteiger partial charge in [-0.2, -0.15) is 0 Å². The van der Waals surface area contributed by atoms with Crippen molar-refractivity contribution in [3.8, 4) is 5.75 Å².